The monoisotopic (exact) mass is 451 g/mol. The maximum absolute atomic E-state index is 12.8. The number of rotatable bonds is 6. The van der Waals surface area contributed by atoms with E-state index in [9.17, 15) is 13.2 Å². The number of hydrogen-bond acceptors (Lipinski definition) is 5. The largest absolute Gasteiger partial charge is 0.497 e. The van der Waals surface area contributed by atoms with E-state index in [1.165, 1.54) is 4.31 Å². The van der Waals surface area contributed by atoms with Crippen LogP contribution in [-0.4, -0.2) is 38.8 Å². The van der Waals surface area contributed by atoms with Gasteiger partial charge >= 0.3 is 0 Å². The molecule has 0 aliphatic carbocycles. The Hall–Kier alpha value is -3.36. The van der Waals surface area contributed by atoms with Crippen molar-refractivity contribution in [2.24, 2.45) is 5.73 Å². The number of ether oxygens (including phenoxy) is 1. The van der Waals surface area contributed by atoms with Gasteiger partial charge in [-0.15, -0.1) is 0 Å². The molecule has 1 aliphatic rings. The quantitative estimate of drug-likeness (QED) is 0.557. The fourth-order valence-electron chi connectivity index (χ4n) is 3.93. The molecule has 0 unspecified atom stereocenters. The Morgan fingerprint density at radius 2 is 1.50 bits per heavy atom. The summed E-state index contributed by atoms with van der Waals surface area (Å²) < 4.78 is 32.3. The molecule has 0 aromatic heterocycles. The van der Waals surface area contributed by atoms with E-state index < -0.39 is 15.9 Å². The van der Waals surface area contributed by atoms with Crippen LogP contribution in [-0.2, 0) is 10.0 Å². The zero-order chi connectivity index (χ0) is 22.9. The molecule has 166 valence electrons. The molecule has 0 saturated carbocycles. The van der Waals surface area contributed by atoms with Gasteiger partial charge in [0.2, 0.25) is 10.0 Å². The number of sulfonamides is 1. The predicted molar refractivity (Wildman–Crippen MR) is 125 cm³/mol. The topological polar surface area (TPSA) is 116 Å². The molecule has 8 heteroatoms. The summed E-state index contributed by atoms with van der Waals surface area (Å²) in [6, 6.07) is 17.5. The molecule has 1 aliphatic heterocycles. The third-order valence-corrected chi connectivity index (χ3v) is 7.65. The van der Waals surface area contributed by atoms with Gasteiger partial charge in [-0.25, -0.2) is 8.42 Å². The predicted octanol–water partition coefficient (Wildman–Crippen LogP) is 3.49. The third-order valence-electron chi connectivity index (χ3n) is 5.74. The number of primary amides is 1. The van der Waals surface area contributed by atoms with Crippen LogP contribution in [0.2, 0.25) is 0 Å². The van der Waals surface area contributed by atoms with Gasteiger partial charge in [0.1, 0.15) is 5.75 Å². The summed E-state index contributed by atoms with van der Waals surface area (Å²) in [4.78, 5) is 12.3. The normalized spacial score (nSPS) is 14.4. The molecule has 1 heterocycles. The number of nitrogens with zero attached hydrogens (tertiary/aromatic N) is 1. The Kier molecular flexibility index (Phi) is 5.90. The molecule has 1 fully saturated rings. The third kappa shape index (κ3) is 4.06. The molecular weight excluding hydrogens is 426 g/mol. The number of benzene rings is 3. The number of hydrogen-bond donors (Lipinski definition) is 2. The van der Waals surface area contributed by atoms with Crippen LogP contribution >= 0.6 is 0 Å². The first-order valence-electron chi connectivity index (χ1n) is 10.3. The van der Waals surface area contributed by atoms with E-state index in [1.54, 1.807) is 37.4 Å². The van der Waals surface area contributed by atoms with Gasteiger partial charge in [0, 0.05) is 18.7 Å². The van der Waals surface area contributed by atoms with E-state index in [1.807, 2.05) is 30.3 Å². The first-order valence-corrected chi connectivity index (χ1v) is 11.7. The summed E-state index contributed by atoms with van der Waals surface area (Å²) in [5, 5.41) is 0. The van der Waals surface area contributed by atoms with Gasteiger partial charge in [-0.05, 0) is 65.9 Å². The number of amides is 1. The molecule has 3 aromatic carbocycles. The van der Waals surface area contributed by atoms with Gasteiger partial charge in [0.25, 0.3) is 5.91 Å². The zero-order valence-corrected chi connectivity index (χ0v) is 18.6. The van der Waals surface area contributed by atoms with E-state index in [0.29, 0.717) is 30.0 Å². The van der Waals surface area contributed by atoms with Crippen LogP contribution < -0.4 is 16.2 Å². The first-order chi connectivity index (χ1) is 15.3. The Bertz CT molecular complexity index is 1250. The molecule has 32 heavy (non-hydrogen) atoms. The summed E-state index contributed by atoms with van der Waals surface area (Å²) in [7, 11) is -1.92. The summed E-state index contributed by atoms with van der Waals surface area (Å²) >= 11 is 0. The van der Waals surface area contributed by atoms with Crippen LogP contribution in [0, 0.1) is 0 Å². The Labute approximate surface area is 187 Å². The van der Waals surface area contributed by atoms with Crippen LogP contribution in [0.25, 0.3) is 22.3 Å². The summed E-state index contributed by atoms with van der Waals surface area (Å²) in [5.41, 5.74) is 15.3. The lowest BCUT2D eigenvalue weighted by molar-refractivity contribution is 0.100. The molecule has 4 N–H and O–H groups in total. The van der Waals surface area contributed by atoms with Crippen LogP contribution in [0.5, 0.6) is 5.75 Å². The van der Waals surface area contributed by atoms with Crippen molar-refractivity contribution in [2.75, 3.05) is 25.9 Å². The molecule has 7 nitrogen and oxygen atoms in total. The first kappa shape index (κ1) is 21.9. The second-order valence-electron chi connectivity index (χ2n) is 7.71. The fourth-order valence-corrected chi connectivity index (χ4v) is 5.45. The number of anilines is 1. The van der Waals surface area contributed by atoms with Crippen LogP contribution in [0.15, 0.2) is 65.6 Å². The van der Waals surface area contributed by atoms with Crippen molar-refractivity contribution in [1.29, 1.82) is 0 Å². The van der Waals surface area contributed by atoms with E-state index in [4.69, 9.17) is 16.2 Å². The van der Waals surface area contributed by atoms with Crippen molar-refractivity contribution in [3.63, 3.8) is 0 Å². The molecular formula is C24H25N3O4S. The Morgan fingerprint density at radius 3 is 2.06 bits per heavy atom. The molecule has 3 aromatic rings. The molecule has 4 rings (SSSR count). The maximum Gasteiger partial charge on any atom is 0.250 e. The molecule has 0 atom stereocenters. The highest BCUT2D eigenvalue weighted by molar-refractivity contribution is 7.89. The lowest BCUT2D eigenvalue weighted by Crippen LogP contribution is -2.27. The second kappa shape index (κ2) is 8.64. The average Bonchev–Trinajstić information content (AvgIpc) is 3.35. The minimum absolute atomic E-state index is 0.210. The average molecular weight is 452 g/mol. The number of nitrogen functional groups attached to an aromatic ring is 1. The van der Waals surface area contributed by atoms with Gasteiger partial charge < -0.3 is 16.2 Å². The van der Waals surface area contributed by atoms with Crippen LogP contribution in [0.1, 0.15) is 23.2 Å². The van der Waals surface area contributed by atoms with Crippen molar-refractivity contribution in [3.8, 4) is 28.0 Å². The SMILES string of the molecule is COc1ccc(-c2cc(C(N)=O)c(N)c(-c3ccc(S(=O)(=O)N4CCCC4)cc3)c2)cc1. The zero-order valence-electron chi connectivity index (χ0n) is 17.7. The smallest absolute Gasteiger partial charge is 0.250 e. The minimum Gasteiger partial charge on any atom is -0.497 e. The molecule has 1 amide bonds. The van der Waals surface area contributed by atoms with Crippen molar-refractivity contribution in [2.45, 2.75) is 17.7 Å². The van der Waals surface area contributed by atoms with Gasteiger partial charge in [-0.3, -0.25) is 4.79 Å². The summed E-state index contributed by atoms with van der Waals surface area (Å²) in [6.45, 7) is 1.09. The standard InChI is InChI=1S/C24H25N3O4S/c1-31-19-8-4-16(5-9-19)18-14-21(23(25)22(15-18)24(26)28)17-6-10-20(11-7-17)32(29,30)27-12-2-3-13-27/h4-11,14-15H,2-3,12-13,25H2,1H3,(H2,26,28). The number of carbonyl (C=O) groups is 1. The number of carbonyl (C=O) groups excluding carboxylic acids is 1. The molecule has 0 radical (unpaired) electrons. The molecule has 0 bridgehead atoms. The Morgan fingerprint density at radius 1 is 0.906 bits per heavy atom. The van der Waals surface area contributed by atoms with Crippen molar-refractivity contribution in [1.82, 2.24) is 4.31 Å². The van der Waals surface area contributed by atoms with E-state index >= 15 is 0 Å². The highest BCUT2D eigenvalue weighted by Gasteiger charge is 2.27. The van der Waals surface area contributed by atoms with Crippen LogP contribution in [0.3, 0.4) is 0 Å². The summed E-state index contributed by atoms with van der Waals surface area (Å²) in [6.07, 6.45) is 1.75. The van der Waals surface area contributed by atoms with E-state index in [2.05, 4.69) is 0 Å². The lowest BCUT2D eigenvalue weighted by atomic mass is 9.94. The van der Waals surface area contributed by atoms with E-state index in [-0.39, 0.29) is 16.1 Å². The second-order valence-corrected chi connectivity index (χ2v) is 9.65. The number of methoxy groups -OCH3 is 1. The van der Waals surface area contributed by atoms with Crippen molar-refractivity contribution < 1.29 is 17.9 Å². The minimum atomic E-state index is -3.51. The van der Waals surface area contributed by atoms with Gasteiger partial charge in [-0.2, -0.15) is 4.31 Å². The molecule has 1 saturated heterocycles. The van der Waals surface area contributed by atoms with Gasteiger partial charge in [0.05, 0.1) is 23.3 Å². The summed E-state index contributed by atoms with van der Waals surface area (Å²) in [5.74, 6) is 0.0849. The lowest BCUT2D eigenvalue weighted by Gasteiger charge is -2.16. The van der Waals surface area contributed by atoms with Crippen LogP contribution in [0.4, 0.5) is 5.69 Å². The number of nitrogens with two attached hydrogens (primary N) is 2. The maximum atomic E-state index is 12.8. The Balaban J connectivity index is 1.76. The van der Waals surface area contributed by atoms with Gasteiger partial charge in [0.15, 0.2) is 0 Å². The fraction of sp³-hybridized carbons (Fsp3) is 0.208. The van der Waals surface area contributed by atoms with Gasteiger partial charge in [-0.1, -0.05) is 24.3 Å². The highest BCUT2D eigenvalue weighted by atomic mass is 32.2. The molecule has 0 spiro atoms. The highest BCUT2D eigenvalue weighted by Crippen LogP contribution is 2.35. The van der Waals surface area contributed by atoms with Crippen molar-refractivity contribution in [3.05, 3.63) is 66.2 Å². The van der Waals surface area contributed by atoms with Crippen molar-refractivity contribution >= 4 is 21.6 Å². The van der Waals surface area contributed by atoms with E-state index in [0.717, 1.165) is 24.0 Å².